The molecule has 0 aliphatic heterocycles. The van der Waals surface area contributed by atoms with Crippen molar-refractivity contribution in [2.45, 2.75) is 32.6 Å². The number of amides is 2. The Morgan fingerprint density at radius 2 is 1.92 bits per heavy atom. The maximum absolute atomic E-state index is 12.3. The molecule has 0 fully saturated rings. The lowest BCUT2D eigenvalue weighted by molar-refractivity contribution is -0.142. The number of aryl methyl sites for hydroxylation is 1. The van der Waals surface area contributed by atoms with Gasteiger partial charge in [0.1, 0.15) is 0 Å². The average molecular weight is 362 g/mol. The molecule has 7 heteroatoms. The number of urea groups is 1. The Hall–Kier alpha value is -2.41. The number of nitrogens with two attached hydrogens (primary N) is 1. The zero-order valence-electron chi connectivity index (χ0n) is 14.2. The lowest BCUT2D eigenvalue weighted by atomic mass is 10.1. The number of fused-ring (bicyclic) bond motifs is 1. The molecular weight excluding hydrogens is 340 g/mol. The van der Waals surface area contributed by atoms with E-state index in [2.05, 4.69) is 5.32 Å². The number of unbranched alkanes of at least 4 members (excludes halogenated alkanes) is 2. The van der Waals surface area contributed by atoms with E-state index in [0.717, 1.165) is 28.5 Å². The fourth-order valence-corrected chi connectivity index (χ4v) is 3.64. The maximum atomic E-state index is 12.3. The number of ketones is 1. The number of hydrogen-bond acceptors (Lipinski definition) is 5. The van der Waals surface area contributed by atoms with Gasteiger partial charge in [0.2, 0.25) is 5.78 Å². The first-order chi connectivity index (χ1) is 12.0. The van der Waals surface area contributed by atoms with Gasteiger partial charge >= 0.3 is 12.0 Å². The number of esters is 1. The molecule has 0 aliphatic rings. The second-order valence-corrected chi connectivity index (χ2v) is 6.79. The van der Waals surface area contributed by atoms with E-state index in [4.69, 9.17) is 10.5 Å². The molecule has 134 valence electrons. The van der Waals surface area contributed by atoms with Gasteiger partial charge in [0.15, 0.2) is 6.61 Å². The van der Waals surface area contributed by atoms with Gasteiger partial charge in [-0.05, 0) is 36.8 Å². The lowest BCUT2D eigenvalue weighted by Gasteiger charge is -2.04. The van der Waals surface area contributed by atoms with Gasteiger partial charge < -0.3 is 15.8 Å². The summed E-state index contributed by atoms with van der Waals surface area (Å²) in [4.78, 5) is 35.2. The number of carbonyl (C=O) groups is 3. The van der Waals surface area contributed by atoms with Crippen molar-refractivity contribution in [2.75, 3.05) is 13.2 Å². The first-order valence-corrected chi connectivity index (χ1v) is 9.01. The zero-order chi connectivity index (χ0) is 18.2. The van der Waals surface area contributed by atoms with Crippen molar-refractivity contribution in [3.8, 4) is 0 Å². The molecule has 0 bridgehead atoms. The van der Waals surface area contributed by atoms with E-state index in [1.807, 2.05) is 31.2 Å². The fourth-order valence-electron chi connectivity index (χ4n) is 2.51. The van der Waals surface area contributed by atoms with Crippen molar-refractivity contribution >= 4 is 39.2 Å². The van der Waals surface area contributed by atoms with Crippen LogP contribution in [0, 0.1) is 6.92 Å². The van der Waals surface area contributed by atoms with Crippen molar-refractivity contribution in [2.24, 2.45) is 5.73 Å². The van der Waals surface area contributed by atoms with Crippen molar-refractivity contribution in [1.82, 2.24) is 5.32 Å². The van der Waals surface area contributed by atoms with E-state index in [1.165, 1.54) is 11.3 Å². The molecule has 2 aromatic rings. The van der Waals surface area contributed by atoms with Crippen LogP contribution in [0.15, 0.2) is 24.3 Å². The molecule has 0 atom stereocenters. The van der Waals surface area contributed by atoms with Crippen LogP contribution in [0.2, 0.25) is 0 Å². The molecule has 0 aliphatic carbocycles. The van der Waals surface area contributed by atoms with E-state index in [1.54, 1.807) is 0 Å². The van der Waals surface area contributed by atoms with Crippen LogP contribution in [0.3, 0.4) is 0 Å². The van der Waals surface area contributed by atoms with Crippen molar-refractivity contribution < 1.29 is 19.1 Å². The van der Waals surface area contributed by atoms with Gasteiger partial charge in [0.05, 0.1) is 4.88 Å². The number of ether oxygens (including phenoxy) is 1. The van der Waals surface area contributed by atoms with E-state index >= 15 is 0 Å². The van der Waals surface area contributed by atoms with Crippen LogP contribution >= 0.6 is 11.3 Å². The average Bonchev–Trinajstić information content (AvgIpc) is 2.93. The number of hydrogen-bond donors (Lipinski definition) is 2. The third-order valence-corrected chi connectivity index (χ3v) is 5.13. The molecule has 0 spiro atoms. The number of nitrogens with one attached hydrogen (secondary N) is 1. The molecular formula is C18H22N2O4S. The second-order valence-electron chi connectivity index (χ2n) is 5.74. The Morgan fingerprint density at radius 3 is 2.64 bits per heavy atom. The van der Waals surface area contributed by atoms with Gasteiger partial charge in [-0.1, -0.05) is 24.6 Å². The third-order valence-electron chi connectivity index (χ3n) is 3.82. The largest absolute Gasteiger partial charge is 0.457 e. The Bertz CT molecular complexity index is 770. The summed E-state index contributed by atoms with van der Waals surface area (Å²) in [6.07, 6.45) is 2.43. The van der Waals surface area contributed by atoms with Gasteiger partial charge in [-0.2, -0.15) is 0 Å². The summed E-state index contributed by atoms with van der Waals surface area (Å²) in [5.41, 5.74) is 5.89. The number of carbonyl (C=O) groups excluding carboxylic acids is 3. The summed E-state index contributed by atoms with van der Waals surface area (Å²) in [7, 11) is 0. The van der Waals surface area contributed by atoms with E-state index in [-0.39, 0.29) is 24.8 Å². The topological polar surface area (TPSA) is 98.5 Å². The highest BCUT2D eigenvalue weighted by atomic mass is 32.1. The quantitative estimate of drug-likeness (QED) is 0.407. The highest BCUT2D eigenvalue weighted by molar-refractivity contribution is 7.21. The summed E-state index contributed by atoms with van der Waals surface area (Å²) in [6.45, 7) is 2.18. The highest BCUT2D eigenvalue weighted by Gasteiger charge is 2.16. The lowest BCUT2D eigenvalue weighted by Crippen LogP contribution is -2.29. The van der Waals surface area contributed by atoms with Crippen LogP contribution in [0.1, 0.15) is 40.9 Å². The zero-order valence-corrected chi connectivity index (χ0v) is 15.0. The Balaban J connectivity index is 1.73. The third kappa shape index (κ3) is 5.56. The number of benzene rings is 1. The molecule has 0 unspecified atom stereocenters. The Labute approximate surface area is 150 Å². The first-order valence-electron chi connectivity index (χ1n) is 8.19. The Morgan fingerprint density at radius 1 is 1.16 bits per heavy atom. The number of thiophene rings is 1. The molecule has 25 heavy (non-hydrogen) atoms. The first kappa shape index (κ1) is 18.9. The number of primary amides is 1. The molecule has 6 nitrogen and oxygen atoms in total. The molecule has 1 heterocycles. The SMILES string of the molecule is Cc1c(C(=O)COC(=O)CCCCCNC(N)=O)sc2ccccc12. The van der Waals surface area contributed by atoms with Crippen LogP contribution in [-0.2, 0) is 9.53 Å². The van der Waals surface area contributed by atoms with Crippen molar-refractivity contribution in [1.29, 1.82) is 0 Å². The monoisotopic (exact) mass is 362 g/mol. The standard InChI is InChI=1S/C18H22N2O4S/c1-12-13-7-4-5-8-15(13)25-17(12)14(21)11-24-16(22)9-3-2-6-10-20-18(19)23/h4-5,7-8H,2-3,6,9-11H2,1H3,(H3,19,20,23). The van der Waals surface area contributed by atoms with Gasteiger partial charge in [-0.3, -0.25) is 9.59 Å². The number of rotatable bonds is 9. The van der Waals surface area contributed by atoms with Crippen LogP contribution < -0.4 is 11.1 Å². The van der Waals surface area contributed by atoms with Crippen molar-refractivity contribution in [3.63, 3.8) is 0 Å². The van der Waals surface area contributed by atoms with Crippen LogP contribution in [0.25, 0.3) is 10.1 Å². The minimum Gasteiger partial charge on any atom is -0.457 e. The summed E-state index contributed by atoms with van der Waals surface area (Å²) < 4.78 is 6.14. The minimum atomic E-state index is -0.547. The van der Waals surface area contributed by atoms with E-state index in [9.17, 15) is 14.4 Å². The molecule has 0 saturated carbocycles. The minimum absolute atomic E-state index is 0.169. The van der Waals surface area contributed by atoms with Crippen LogP contribution in [0.4, 0.5) is 4.79 Å². The molecule has 1 aromatic heterocycles. The predicted octanol–water partition coefficient (Wildman–Crippen LogP) is 3.16. The fraction of sp³-hybridized carbons (Fsp3) is 0.389. The summed E-state index contributed by atoms with van der Waals surface area (Å²) in [5.74, 6) is -0.548. The van der Waals surface area contributed by atoms with Gasteiger partial charge in [0, 0.05) is 17.7 Å². The van der Waals surface area contributed by atoms with Crippen LogP contribution in [0.5, 0.6) is 0 Å². The normalized spacial score (nSPS) is 10.6. The highest BCUT2D eigenvalue weighted by Crippen LogP contribution is 2.30. The molecule has 1 aromatic carbocycles. The summed E-state index contributed by atoms with van der Waals surface area (Å²) >= 11 is 1.43. The van der Waals surface area contributed by atoms with Gasteiger partial charge in [-0.25, -0.2) is 4.79 Å². The molecule has 3 N–H and O–H groups in total. The molecule has 2 amide bonds. The van der Waals surface area contributed by atoms with Gasteiger partial charge in [-0.15, -0.1) is 11.3 Å². The molecule has 0 saturated heterocycles. The van der Waals surface area contributed by atoms with E-state index in [0.29, 0.717) is 17.8 Å². The smallest absolute Gasteiger partial charge is 0.312 e. The Kier molecular flexibility index (Phi) is 6.94. The maximum Gasteiger partial charge on any atom is 0.312 e. The number of Topliss-reactive ketones (excluding diaryl/α,β-unsaturated/α-hetero) is 1. The second kappa shape index (κ2) is 9.17. The summed E-state index contributed by atoms with van der Waals surface area (Å²) in [6, 6.07) is 7.29. The molecule has 0 radical (unpaired) electrons. The van der Waals surface area contributed by atoms with Crippen LogP contribution in [-0.4, -0.2) is 30.9 Å². The van der Waals surface area contributed by atoms with Gasteiger partial charge in [0.25, 0.3) is 0 Å². The summed E-state index contributed by atoms with van der Waals surface area (Å²) in [5, 5.41) is 3.55. The molecule has 2 rings (SSSR count). The van der Waals surface area contributed by atoms with E-state index < -0.39 is 6.03 Å². The predicted molar refractivity (Wildman–Crippen MR) is 97.9 cm³/mol. The van der Waals surface area contributed by atoms with Crippen molar-refractivity contribution in [3.05, 3.63) is 34.7 Å².